The molecule has 150 valence electrons. The summed E-state index contributed by atoms with van der Waals surface area (Å²) >= 11 is 0. The fourth-order valence-corrected chi connectivity index (χ4v) is 5.25. The standard InChI is InChI=1S/C20H30N2O4S/c1-15(23)22-12-6-9-19(21-27(2,24)25)20(22)14-26-18-11-10-17(13-18)16-7-4-3-5-8-16/h3-5,7-8,17-21H,6,9-14H2,1-2H3. The molecule has 1 aliphatic carbocycles. The Morgan fingerprint density at radius 1 is 1.22 bits per heavy atom. The van der Waals surface area contributed by atoms with Crippen LogP contribution in [0.1, 0.15) is 50.5 Å². The molecule has 0 radical (unpaired) electrons. The maximum atomic E-state index is 12.0. The van der Waals surface area contributed by atoms with Crippen LogP contribution in [0.25, 0.3) is 0 Å². The van der Waals surface area contributed by atoms with E-state index in [0.717, 1.165) is 32.1 Å². The number of hydrogen-bond donors (Lipinski definition) is 1. The zero-order valence-electron chi connectivity index (χ0n) is 16.1. The van der Waals surface area contributed by atoms with Gasteiger partial charge in [0.1, 0.15) is 0 Å². The van der Waals surface area contributed by atoms with Crippen molar-refractivity contribution < 1.29 is 17.9 Å². The van der Waals surface area contributed by atoms with E-state index in [2.05, 4.69) is 29.0 Å². The van der Waals surface area contributed by atoms with E-state index in [4.69, 9.17) is 4.74 Å². The third-order valence-corrected chi connectivity index (χ3v) is 6.44. The molecule has 0 aromatic heterocycles. The first-order valence-corrected chi connectivity index (χ1v) is 11.6. The number of piperidine rings is 1. The number of carbonyl (C=O) groups excluding carboxylic acids is 1. The van der Waals surface area contributed by atoms with E-state index >= 15 is 0 Å². The molecule has 2 aliphatic rings. The third kappa shape index (κ3) is 5.53. The number of sulfonamides is 1. The van der Waals surface area contributed by atoms with Crippen LogP contribution in [0.4, 0.5) is 0 Å². The summed E-state index contributed by atoms with van der Waals surface area (Å²) < 4.78 is 32.3. The van der Waals surface area contributed by atoms with E-state index in [9.17, 15) is 13.2 Å². The second kappa shape index (κ2) is 8.71. The quantitative estimate of drug-likeness (QED) is 0.803. The molecule has 1 saturated carbocycles. The molecular formula is C20H30N2O4S. The first-order valence-electron chi connectivity index (χ1n) is 9.74. The molecule has 3 rings (SSSR count). The minimum Gasteiger partial charge on any atom is -0.376 e. The molecule has 2 fully saturated rings. The first kappa shape index (κ1) is 20.3. The molecule has 1 aromatic rings. The van der Waals surface area contributed by atoms with Gasteiger partial charge in [0.2, 0.25) is 15.9 Å². The van der Waals surface area contributed by atoms with Gasteiger partial charge in [0, 0.05) is 19.5 Å². The van der Waals surface area contributed by atoms with Gasteiger partial charge in [0.25, 0.3) is 0 Å². The molecule has 1 amide bonds. The van der Waals surface area contributed by atoms with Crippen LogP contribution in [-0.4, -0.2) is 56.8 Å². The molecule has 27 heavy (non-hydrogen) atoms. The number of hydrogen-bond acceptors (Lipinski definition) is 4. The molecule has 0 spiro atoms. The minimum atomic E-state index is -3.33. The van der Waals surface area contributed by atoms with Gasteiger partial charge in [-0.05, 0) is 43.6 Å². The van der Waals surface area contributed by atoms with E-state index < -0.39 is 10.0 Å². The Morgan fingerprint density at radius 3 is 2.63 bits per heavy atom. The van der Waals surface area contributed by atoms with Crippen molar-refractivity contribution in [1.29, 1.82) is 0 Å². The van der Waals surface area contributed by atoms with Gasteiger partial charge in [0.05, 0.1) is 25.0 Å². The lowest BCUT2D eigenvalue weighted by Crippen LogP contribution is -2.58. The van der Waals surface area contributed by atoms with Crippen LogP contribution < -0.4 is 4.72 Å². The number of rotatable bonds is 6. The predicted molar refractivity (Wildman–Crippen MR) is 105 cm³/mol. The average Bonchev–Trinajstić information content (AvgIpc) is 3.09. The van der Waals surface area contributed by atoms with E-state index in [1.165, 1.54) is 18.7 Å². The summed E-state index contributed by atoms with van der Waals surface area (Å²) in [5.41, 5.74) is 1.35. The maximum Gasteiger partial charge on any atom is 0.219 e. The number of amides is 1. The number of likely N-dealkylation sites (tertiary alicyclic amines) is 1. The first-order chi connectivity index (χ1) is 12.8. The summed E-state index contributed by atoms with van der Waals surface area (Å²) in [5.74, 6) is 0.480. The van der Waals surface area contributed by atoms with Crippen molar-refractivity contribution in [3.63, 3.8) is 0 Å². The molecule has 4 atom stereocenters. The molecule has 1 N–H and O–H groups in total. The second-order valence-electron chi connectivity index (χ2n) is 7.79. The van der Waals surface area contributed by atoms with Gasteiger partial charge in [-0.3, -0.25) is 4.79 Å². The van der Waals surface area contributed by atoms with Crippen LogP contribution in [0.5, 0.6) is 0 Å². The van der Waals surface area contributed by atoms with Gasteiger partial charge in [-0.15, -0.1) is 0 Å². The zero-order valence-corrected chi connectivity index (χ0v) is 17.0. The molecule has 4 unspecified atom stereocenters. The number of benzene rings is 1. The summed E-state index contributed by atoms with van der Waals surface area (Å²) in [7, 11) is -3.33. The topological polar surface area (TPSA) is 75.7 Å². The Kier molecular flexibility index (Phi) is 6.55. The molecule has 1 heterocycles. The van der Waals surface area contributed by atoms with Gasteiger partial charge in [-0.1, -0.05) is 30.3 Å². The smallest absolute Gasteiger partial charge is 0.219 e. The summed E-state index contributed by atoms with van der Waals surface area (Å²) in [6.45, 7) is 2.57. The molecule has 1 aliphatic heterocycles. The van der Waals surface area contributed by atoms with Gasteiger partial charge < -0.3 is 9.64 Å². The van der Waals surface area contributed by atoms with Gasteiger partial charge in [0.15, 0.2) is 0 Å². The van der Waals surface area contributed by atoms with Gasteiger partial charge in [-0.25, -0.2) is 13.1 Å². The Balaban J connectivity index is 1.61. The molecule has 7 heteroatoms. The number of ether oxygens (including phenoxy) is 1. The SMILES string of the molecule is CC(=O)N1CCCC(NS(C)(=O)=O)C1COC1CCC(c2ccccc2)C1. The average molecular weight is 395 g/mol. The highest BCUT2D eigenvalue weighted by Gasteiger charge is 2.36. The zero-order chi connectivity index (χ0) is 19.4. The number of carbonyl (C=O) groups is 1. The Bertz CT molecular complexity index is 738. The molecular weight excluding hydrogens is 364 g/mol. The second-order valence-corrected chi connectivity index (χ2v) is 9.57. The maximum absolute atomic E-state index is 12.0. The molecule has 1 saturated heterocycles. The molecule has 0 bridgehead atoms. The minimum absolute atomic E-state index is 0.0304. The lowest BCUT2D eigenvalue weighted by atomic mass is 9.97. The Hall–Kier alpha value is -1.44. The molecule has 1 aromatic carbocycles. The van der Waals surface area contributed by atoms with Gasteiger partial charge >= 0.3 is 0 Å². The lowest BCUT2D eigenvalue weighted by Gasteiger charge is -2.41. The van der Waals surface area contributed by atoms with Crippen molar-refractivity contribution >= 4 is 15.9 Å². The fourth-order valence-electron chi connectivity index (χ4n) is 4.42. The van der Waals surface area contributed by atoms with Crippen molar-refractivity contribution in [3.8, 4) is 0 Å². The Morgan fingerprint density at radius 2 is 1.96 bits per heavy atom. The fraction of sp³-hybridized carbons (Fsp3) is 0.650. The van der Waals surface area contributed by atoms with Crippen molar-refractivity contribution in [2.75, 3.05) is 19.4 Å². The third-order valence-electron chi connectivity index (χ3n) is 5.71. The number of nitrogens with one attached hydrogen (secondary N) is 1. The summed E-state index contributed by atoms with van der Waals surface area (Å²) in [6, 6.07) is 9.96. The van der Waals surface area contributed by atoms with E-state index in [1.807, 2.05) is 6.07 Å². The highest BCUT2D eigenvalue weighted by Crippen LogP contribution is 2.36. The van der Waals surface area contributed by atoms with Crippen molar-refractivity contribution in [2.24, 2.45) is 0 Å². The lowest BCUT2D eigenvalue weighted by molar-refractivity contribution is -0.135. The normalized spacial score (nSPS) is 29.0. The highest BCUT2D eigenvalue weighted by molar-refractivity contribution is 7.88. The monoisotopic (exact) mass is 394 g/mol. The van der Waals surface area contributed by atoms with Crippen LogP contribution in [0.2, 0.25) is 0 Å². The van der Waals surface area contributed by atoms with E-state index in [-0.39, 0.29) is 24.1 Å². The van der Waals surface area contributed by atoms with Crippen LogP contribution in [0, 0.1) is 0 Å². The summed E-state index contributed by atoms with van der Waals surface area (Å²) in [4.78, 5) is 13.8. The number of nitrogens with zero attached hydrogens (tertiary/aromatic N) is 1. The largest absolute Gasteiger partial charge is 0.376 e. The van der Waals surface area contributed by atoms with E-state index in [1.54, 1.807) is 4.90 Å². The van der Waals surface area contributed by atoms with Crippen LogP contribution in [0.15, 0.2) is 30.3 Å². The van der Waals surface area contributed by atoms with Crippen molar-refractivity contribution in [2.45, 2.75) is 63.1 Å². The van der Waals surface area contributed by atoms with Crippen molar-refractivity contribution in [1.82, 2.24) is 9.62 Å². The molecule has 6 nitrogen and oxygen atoms in total. The summed E-state index contributed by atoms with van der Waals surface area (Å²) in [5, 5.41) is 0. The van der Waals surface area contributed by atoms with Crippen LogP contribution in [-0.2, 0) is 19.6 Å². The Labute approximate surface area is 162 Å². The summed E-state index contributed by atoms with van der Waals surface area (Å²) in [6.07, 6.45) is 5.91. The van der Waals surface area contributed by atoms with Crippen molar-refractivity contribution in [3.05, 3.63) is 35.9 Å². The highest BCUT2D eigenvalue weighted by atomic mass is 32.2. The van der Waals surface area contributed by atoms with Crippen LogP contribution >= 0.6 is 0 Å². The van der Waals surface area contributed by atoms with Crippen LogP contribution in [0.3, 0.4) is 0 Å². The van der Waals surface area contributed by atoms with Gasteiger partial charge in [-0.2, -0.15) is 0 Å². The predicted octanol–water partition coefficient (Wildman–Crippen LogP) is 2.27. The van der Waals surface area contributed by atoms with E-state index in [0.29, 0.717) is 19.1 Å².